The Kier molecular flexibility index (Phi) is 5.32. The number of rotatable bonds is 3. The molecule has 0 saturated heterocycles. The molecule has 2 aromatic rings. The number of fused-ring (bicyclic) bond motifs is 1. The van der Waals surface area contributed by atoms with E-state index < -0.39 is 81.9 Å². The fourth-order valence-electron chi connectivity index (χ4n) is 2.75. The number of likely N-dealkylation sites (N-methyl/N-ethyl adjacent to an activating group) is 1. The summed E-state index contributed by atoms with van der Waals surface area (Å²) in [5.41, 5.74) is -3.68. The van der Waals surface area contributed by atoms with Gasteiger partial charge in [0.1, 0.15) is 12.4 Å². The molecule has 0 saturated carbocycles. The van der Waals surface area contributed by atoms with E-state index in [-0.39, 0.29) is 11.0 Å². The van der Waals surface area contributed by atoms with Crippen LogP contribution in [0.2, 0.25) is 0 Å². The summed E-state index contributed by atoms with van der Waals surface area (Å²) in [5.74, 6) is -17.6. The third kappa shape index (κ3) is 3.53. The molecule has 2 aromatic carbocycles. The Morgan fingerprint density at radius 2 is 1.48 bits per heavy atom. The van der Waals surface area contributed by atoms with Crippen molar-refractivity contribution in [3.05, 3.63) is 47.0 Å². The van der Waals surface area contributed by atoms with Gasteiger partial charge in [-0.25, -0.2) is 26.3 Å². The van der Waals surface area contributed by atoms with Crippen molar-refractivity contribution in [3.63, 3.8) is 0 Å². The minimum absolute atomic E-state index is 0.149. The van der Waals surface area contributed by atoms with Crippen LogP contribution in [0.25, 0.3) is 11.1 Å². The molecule has 0 aromatic heterocycles. The Hall–Kier alpha value is -3.38. The number of ether oxygens (including phenoxy) is 1. The predicted molar refractivity (Wildman–Crippen MR) is 88.2 cm³/mol. The van der Waals surface area contributed by atoms with Crippen molar-refractivity contribution in [2.75, 3.05) is 25.5 Å². The largest absolute Gasteiger partial charge is 0.482 e. The van der Waals surface area contributed by atoms with Gasteiger partial charge < -0.3 is 9.64 Å². The molecule has 0 unspecified atom stereocenters. The molecule has 3 rings (SSSR count). The topological polar surface area (TPSA) is 49.9 Å². The average molecular weight is 454 g/mol. The van der Waals surface area contributed by atoms with Crippen molar-refractivity contribution in [3.8, 4) is 16.9 Å². The van der Waals surface area contributed by atoms with Crippen molar-refractivity contribution in [1.29, 1.82) is 0 Å². The lowest BCUT2D eigenvalue weighted by molar-refractivity contribution is -0.193. The van der Waals surface area contributed by atoms with Crippen molar-refractivity contribution in [2.45, 2.75) is 6.11 Å². The van der Waals surface area contributed by atoms with E-state index in [0.717, 1.165) is 4.90 Å². The second-order valence-corrected chi connectivity index (χ2v) is 6.54. The second kappa shape index (κ2) is 7.39. The number of carbonyl (C=O) groups excluding carboxylic acids is 2. The van der Waals surface area contributed by atoms with Crippen LogP contribution in [0.4, 0.5) is 40.8 Å². The number of nitrogens with zero attached hydrogens (tertiary/aromatic N) is 2. The molecule has 0 spiro atoms. The Balaban J connectivity index is 2.27. The van der Waals surface area contributed by atoms with Crippen LogP contribution >= 0.6 is 0 Å². The molecule has 166 valence electrons. The van der Waals surface area contributed by atoms with Crippen molar-refractivity contribution >= 4 is 17.5 Å². The summed E-state index contributed by atoms with van der Waals surface area (Å²) in [5, 5.41) is 0. The minimum Gasteiger partial charge on any atom is -0.423 e. The monoisotopic (exact) mass is 454 g/mol. The molecule has 2 amide bonds. The van der Waals surface area contributed by atoms with Gasteiger partial charge in [0.2, 0.25) is 11.7 Å². The van der Waals surface area contributed by atoms with Crippen molar-refractivity contribution < 1.29 is 49.4 Å². The summed E-state index contributed by atoms with van der Waals surface area (Å²) >= 11 is 0. The number of amides is 2. The highest BCUT2D eigenvalue weighted by molar-refractivity contribution is 6.05. The van der Waals surface area contributed by atoms with Crippen LogP contribution in [0.3, 0.4) is 0 Å². The molecule has 1 aliphatic heterocycles. The van der Waals surface area contributed by atoms with Crippen LogP contribution in [0, 0.1) is 34.9 Å². The van der Waals surface area contributed by atoms with Gasteiger partial charge in [-0.2, -0.15) is 8.78 Å². The summed E-state index contributed by atoms with van der Waals surface area (Å²) in [6.07, 6.45) is -4.52. The number of hydrogen-bond acceptors (Lipinski definition) is 3. The molecule has 5 nitrogen and oxygen atoms in total. The molecule has 0 radical (unpaired) electrons. The van der Waals surface area contributed by atoms with Gasteiger partial charge in [-0.1, -0.05) is 0 Å². The van der Waals surface area contributed by atoms with E-state index in [1.54, 1.807) is 0 Å². The lowest BCUT2D eigenvalue weighted by Crippen LogP contribution is -2.53. The Morgan fingerprint density at radius 3 is 2.00 bits per heavy atom. The maximum atomic E-state index is 14.5. The summed E-state index contributed by atoms with van der Waals surface area (Å²) in [6.45, 7) is -1.01. The fraction of sp³-hybridized carbons (Fsp3) is 0.222. The number of benzene rings is 2. The van der Waals surface area contributed by atoms with Crippen LogP contribution in [-0.2, 0) is 9.59 Å². The maximum Gasteiger partial charge on any atom is 0.482 e. The Bertz CT molecular complexity index is 1090. The number of carbonyl (C=O) groups is 2. The first-order valence-electron chi connectivity index (χ1n) is 8.22. The van der Waals surface area contributed by atoms with E-state index in [4.69, 9.17) is 0 Å². The molecule has 0 atom stereocenters. The number of alkyl halides is 2. The highest BCUT2D eigenvalue weighted by Gasteiger charge is 2.51. The van der Waals surface area contributed by atoms with Crippen molar-refractivity contribution in [2.24, 2.45) is 0 Å². The third-order valence-corrected chi connectivity index (χ3v) is 4.34. The Morgan fingerprint density at radius 1 is 0.968 bits per heavy atom. The van der Waals surface area contributed by atoms with Gasteiger partial charge in [-0.3, -0.25) is 14.5 Å². The summed E-state index contributed by atoms with van der Waals surface area (Å²) in [4.78, 5) is 25.1. The maximum absolute atomic E-state index is 14.5. The molecular weight excluding hydrogens is 444 g/mol. The van der Waals surface area contributed by atoms with Crippen LogP contribution in [0.1, 0.15) is 0 Å². The lowest BCUT2D eigenvalue weighted by Gasteiger charge is -2.34. The van der Waals surface area contributed by atoms with E-state index in [1.807, 2.05) is 0 Å². The normalized spacial score (nSPS) is 14.9. The fourth-order valence-corrected chi connectivity index (χ4v) is 2.75. The van der Waals surface area contributed by atoms with Crippen molar-refractivity contribution in [1.82, 2.24) is 4.90 Å². The highest BCUT2D eigenvalue weighted by atomic mass is 19.3. The summed E-state index contributed by atoms with van der Waals surface area (Å²) in [6, 6.07) is 0.551. The zero-order valence-electron chi connectivity index (χ0n) is 15.5. The smallest absolute Gasteiger partial charge is 0.423 e. The Labute approximate surface area is 168 Å². The van der Waals surface area contributed by atoms with E-state index >= 15 is 0 Å². The van der Waals surface area contributed by atoms with Gasteiger partial charge in [-0.15, -0.1) is 0 Å². The molecular formula is C18H10F8N2O3. The summed E-state index contributed by atoms with van der Waals surface area (Å²) < 4.78 is 115. The van der Waals surface area contributed by atoms with Gasteiger partial charge in [-0.05, 0) is 6.07 Å². The zero-order valence-corrected chi connectivity index (χ0v) is 15.5. The quantitative estimate of drug-likeness (QED) is 0.405. The van der Waals surface area contributed by atoms with E-state index in [2.05, 4.69) is 4.74 Å². The van der Waals surface area contributed by atoms with Crippen LogP contribution in [0.15, 0.2) is 12.1 Å². The summed E-state index contributed by atoms with van der Waals surface area (Å²) in [7, 11) is 2.47. The number of hydrogen-bond donors (Lipinski definition) is 0. The molecule has 0 bridgehead atoms. The molecule has 0 aliphatic carbocycles. The third-order valence-electron chi connectivity index (χ3n) is 4.34. The van der Waals surface area contributed by atoms with Crippen LogP contribution in [0.5, 0.6) is 5.75 Å². The minimum atomic E-state index is -4.52. The number of halogens is 8. The molecule has 13 heteroatoms. The van der Waals surface area contributed by atoms with E-state index in [0.29, 0.717) is 6.07 Å². The van der Waals surface area contributed by atoms with Gasteiger partial charge in [0, 0.05) is 25.7 Å². The molecule has 0 N–H and O–H groups in total. The van der Waals surface area contributed by atoms with Gasteiger partial charge in [0.05, 0.1) is 11.3 Å². The number of anilines is 1. The molecule has 1 aliphatic rings. The first-order chi connectivity index (χ1) is 14.3. The van der Waals surface area contributed by atoms with E-state index in [1.165, 1.54) is 14.1 Å². The van der Waals surface area contributed by atoms with Gasteiger partial charge >= 0.3 is 12.0 Å². The van der Waals surface area contributed by atoms with Gasteiger partial charge in [0.15, 0.2) is 29.0 Å². The first-order valence-corrected chi connectivity index (χ1v) is 8.22. The average Bonchev–Trinajstić information content (AvgIpc) is 2.69. The van der Waals surface area contributed by atoms with Gasteiger partial charge in [0.25, 0.3) is 0 Å². The second-order valence-electron chi connectivity index (χ2n) is 6.54. The first kappa shape index (κ1) is 22.3. The molecule has 0 fully saturated rings. The molecule has 31 heavy (non-hydrogen) atoms. The SMILES string of the molecule is CN(C)C(=O)CN1C(=O)C(F)(F)Oc2cc(F)c(-c3c(F)c(F)c(F)c(F)c3F)cc21. The standard InChI is InChI=1S/C18H10F8N2O3/c1-27(2)10(29)5-28-8-3-6(7(19)4-9(8)31-18(25,26)17(28)30)11-12(20)14(22)16(24)15(23)13(11)21/h3-4H,5H2,1-2H3. The lowest BCUT2D eigenvalue weighted by atomic mass is 10.0. The van der Waals surface area contributed by atoms with Crippen LogP contribution in [-0.4, -0.2) is 43.5 Å². The van der Waals surface area contributed by atoms with Crippen LogP contribution < -0.4 is 9.64 Å². The predicted octanol–water partition coefficient (Wildman–Crippen LogP) is 3.59. The molecule has 1 heterocycles. The highest BCUT2D eigenvalue weighted by Crippen LogP contribution is 2.44. The van der Waals surface area contributed by atoms with E-state index in [9.17, 15) is 44.7 Å². The zero-order chi connectivity index (χ0) is 23.4.